The van der Waals surface area contributed by atoms with E-state index in [9.17, 15) is 27.2 Å². The van der Waals surface area contributed by atoms with Crippen molar-refractivity contribution < 1.29 is 31.9 Å². The van der Waals surface area contributed by atoms with Crippen LogP contribution >= 0.6 is 0 Å². The summed E-state index contributed by atoms with van der Waals surface area (Å²) >= 11 is 0. The predicted octanol–water partition coefficient (Wildman–Crippen LogP) is 9.17. The number of carbonyl (C=O) groups is 2. The molecule has 0 bridgehead atoms. The molecule has 4 nitrogen and oxygen atoms in total. The molecule has 1 unspecified atom stereocenters. The summed E-state index contributed by atoms with van der Waals surface area (Å²) < 4.78 is 51.8. The van der Waals surface area contributed by atoms with E-state index in [4.69, 9.17) is 0 Å². The van der Waals surface area contributed by atoms with Gasteiger partial charge in [-0.15, -0.1) is 13.2 Å². The summed E-state index contributed by atoms with van der Waals surface area (Å²) in [6.07, 6.45) is 3.57. The fraction of sp³-hybridized carbons (Fsp3) is 0.421. The van der Waals surface area contributed by atoms with Gasteiger partial charge >= 0.3 is 6.36 Å². The van der Waals surface area contributed by atoms with Crippen LogP contribution in [0.3, 0.4) is 0 Å². The molecule has 0 aliphatic carbocycles. The van der Waals surface area contributed by atoms with Crippen LogP contribution in [-0.4, -0.2) is 31.2 Å². The van der Waals surface area contributed by atoms with Gasteiger partial charge in [0, 0.05) is 24.1 Å². The number of hydrogen-bond donors (Lipinski definition) is 1. The smallest absolute Gasteiger partial charge is 0.350 e. The molecule has 0 saturated heterocycles. The van der Waals surface area contributed by atoms with Gasteiger partial charge in [-0.25, -0.2) is 4.39 Å². The van der Waals surface area contributed by atoms with Gasteiger partial charge in [-0.05, 0) is 71.5 Å². The van der Waals surface area contributed by atoms with Crippen LogP contribution in [0.15, 0.2) is 60.7 Å². The van der Waals surface area contributed by atoms with Crippen LogP contribution < -0.4 is 15.8 Å². The van der Waals surface area contributed by atoms with Crippen molar-refractivity contribution in [2.24, 2.45) is 5.92 Å². The summed E-state index contributed by atoms with van der Waals surface area (Å²) in [6, 6.07) is 17.3. The first kappa shape index (κ1) is 40.2. The Morgan fingerprint density at radius 2 is 1.52 bits per heavy atom. The van der Waals surface area contributed by atoms with Crippen molar-refractivity contribution in [1.29, 1.82) is 0 Å². The minimum absolute atomic E-state index is 0.213. The summed E-state index contributed by atoms with van der Waals surface area (Å²) in [4.78, 5) is 24.2. The average Bonchev–Trinajstić information content (AvgIpc) is 3.04. The normalized spacial score (nSPS) is 11.9. The molecule has 3 aromatic rings. The number of rotatable bonds is 13. The molecule has 1 atom stereocenters. The lowest BCUT2D eigenvalue weighted by Crippen LogP contribution is -2.33. The fourth-order valence-electron chi connectivity index (χ4n) is 5.01. The van der Waals surface area contributed by atoms with Gasteiger partial charge in [0.2, 0.25) is 0 Å². The zero-order valence-electron chi connectivity index (χ0n) is 28.0. The topological polar surface area (TPSA) is 55.4 Å². The van der Waals surface area contributed by atoms with Crippen LogP contribution in [0.5, 0.6) is 0 Å². The maximum Gasteiger partial charge on any atom is 0.522 e. The molecule has 0 heterocycles. The molecule has 0 radical (unpaired) electrons. The molecule has 1 N–H and O–H groups in total. The lowest BCUT2D eigenvalue weighted by molar-refractivity contribution is -0.323. The zero-order chi connectivity index (χ0) is 34.7. The Labute approximate surface area is 271 Å². The second kappa shape index (κ2) is 21.1. The van der Waals surface area contributed by atoms with Crippen LogP contribution in [-0.2, 0) is 4.74 Å². The van der Waals surface area contributed by atoms with Crippen molar-refractivity contribution in [2.45, 2.75) is 86.4 Å². The highest BCUT2D eigenvalue weighted by molar-refractivity contribution is 5.96. The molecule has 0 aliphatic heterocycles. The zero-order valence-corrected chi connectivity index (χ0v) is 28.0. The monoisotopic (exact) mass is 643 g/mol. The lowest BCUT2D eigenvalue weighted by atomic mass is 9.93. The molecule has 0 aliphatic rings. The molecule has 252 valence electrons. The molecule has 3 aromatic carbocycles. The molecule has 3 rings (SSSR count). The van der Waals surface area contributed by atoms with Gasteiger partial charge in [0.25, 0.3) is 5.91 Å². The summed E-state index contributed by atoms with van der Waals surface area (Å²) in [5, 5.41) is 4.03. The highest BCUT2D eigenvalue weighted by atomic mass is 19.4. The van der Waals surface area contributed by atoms with Crippen molar-refractivity contribution in [2.75, 3.05) is 13.2 Å². The number of halogens is 4. The standard InChI is InChI=1S/C22H27FO.C14H16F3NO2.C2H6/c1-3-6-17(4-2)7-5-8-22(24)20-11-9-18(10-12-20)19-13-15-21(23)16-14-19;1-4-11-9(2)5-6-12(10(11)3)13(19)18-7-8-20-14(15,16)17;1-2/h9-17H,3-8H2,1-2H3;4-6H,2,7-8H2,1,3H3,(H,18,19);1-2H3/b;11-4+;. The Kier molecular flexibility index (Phi) is 18.5. The predicted molar refractivity (Wildman–Crippen MR) is 180 cm³/mol. The van der Waals surface area contributed by atoms with E-state index in [1.165, 1.54) is 31.4 Å². The maximum absolute atomic E-state index is 13.0. The Morgan fingerprint density at radius 1 is 0.935 bits per heavy atom. The van der Waals surface area contributed by atoms with Crippen LogP contribution in [0.1, 0.15) is 99.4 Å². The van der Waals surface area contributed by atoms with E-state index >= 15 is 0 Å². The van der Waals surface area contributed by atoms with Crippen LogP contribution in [0.4, 0.5) is 17.6 Å². The number of amides is 1. The van der Waals surface area contributed by atoms with Crippen molar-refractivity contribution in [3.63, 3.8) is 0 Å². The van der Waals surface area contributed by atoms with E-state index < -0.39 is 18.9 Å². The van der Waals surface area contributed by atoms with E-state index in [1.54, 1.807) is 31.2 Å². The van der Waals surface area contributed by atoms with Crippen LogP contribution in [0, 0.1) is 18.7 Å². The molecule has 0 aromatic heterocycles. The van der Waals surface area contributed by atoms with Crippen molar-refractivity contribution >= 4 is 24.3 Å². The van der Waals surface area contributed by atoms with Crippen LogP contribution in [0.25, 0.3) is 23.8 Å². The van der Waals surface area contributed by atoms with Gasteiger partial charge in [0.15, 0.2) is 5.78 Å². The Balaban J connectivity index is 0.000000444. The van der Waals surface area contributed by atoms with Crippen molar-refractivity contribution in [1.82, 2.24) is 5.32 Å². The number of ether oxygens (including phenoxy) is 1. The highest BCUT2D eigenvalue weighted by Crippen LogP contribution is 2.22. The van der Waals surface area contributed by atoms with E-state index in [0.717, 1.165) is 51.5 Å². The fourth-order valence-corrected chi connectivity index (χ4v) is 5.01. The third-order valence-corrected chi connectivity index (χ3v) is 7.47. The van der Waals surface area contributed by atoms with E-state index in [2.05, 4.69) is 30.5 Å². The molecule has 0 spiro atoms. The Morgan fingerprint density at radius 3 is 2.04 bits per heavy atom. The summed E-state index contributed by atoms with van der Waals surface area (Å²) in [5.41, 5.74) is 3.89. The Bertz CT molecular complexity index is 1450. The van der Waals surface area contributed by atoms with Gasteiger partial charge in [-0.1, -0.05) is 108 Å². The quantitative estimate of drug-likeness (QED) is 0.115. The minimum atomic E-state index is -4.68. The number of Topliss-reactive ketones (excluding diaryl/α,β-unsaturated/α-hetero) is 1. The number of ketones is 1. The minimum Gasteiger partial charge on any atom is -0.350 e. The van der Waals surface area contributed by atoms with E-state index in [-0.39, 0.29) is 18.1 Å². The number of benzene rings is 3. The summed E-state index contributed by atoms with van der Waals surface area (Å²) in [7, 11) is 0. The Hall–Kier alpha value is -3.78. The van der Waals surface area contributed by atoms with Crippen LogP contribution in [0.2, 0.25) is 0 Å². The third-order valence-electron chi connectivity index (χ3n) is 7.47. The van der Waals surface area contributed by atoms with Gasteiger partial charge in [-0.3, -0.25) is 14.3 Å². The van der Waals surface area contributed by atoms with Crippen molar-refractivity contribution in [3.8, 4) is 11.1 Å². The van der Waals surface area contributed by atoms with Gasteiger partial charge in [-0.2, -0.15) is 0 Å². The first-order chi connectivity index (χ1) is 21.9. The summed E-state index contributed by atoms with van der Waals surface area (Å²) in [5.74, 6) is 0.297. The summed E-state index contributed by atoms with van der Waals surface area (Å²) in [6.45, 7) is 15.1. The maximum atomic E-state index is 13.0. The number of hydrogen-bond acceptors (Lipinski definition) is 3. The van der Waals surface area contributed by atoms with Crippen molar-refractivity contribution in [3.05, 3.63) is 93.6 Å². The molecular weight excluding hydrogens is 594 g/mol. The molecular formula is C38H49F4NO3. The highest BCUT2D eigenvalue weighted by Gasteiger charge is 2.28. The average molecular weight is 644 g/mol. The number of nitrogens with one attached hydrogen (secondary N) is 1. The largest absolute Gasteiger partial charge is 0.522 e. The molecule has 8 heteroatoms. The second-order valence-electron chi connectivity index (χ2n) is 10.6. The molecule has 46 heavy (non-hydrogen) atoms. The first-order valence-electron chi connectivity index (χ1n) is 16.0. The SMILES string of the molecule is C=c1ccc(C(=O)NCCOC(F)(F)F)c(C)/c1=C/C.CC.CCCC(CC)CCCC(=O)c1ccc(-c2ccc(F)cc2)cc1. The second-order valence-corrected chi connectivity index (χ2v) is 10.6. The third kappa shape index (κ3) is 14.1. The van der Waals surface area contributed by atoms with Gasteiger partial charge in [0.1, 0.15) is 5.82 Å². The number of carbonyl (C=O) groups excluding carboxylic acids is 2. The molecule has 1 amide bonds. The van der Waals surface area contributed by atoms with Gasteiger partial charge < -0.3 is 5.32 Å². The molecule has 0 saturated carbocycles. The lowest BCUT2D eigenvalue weighted by Gasteiger charge is -2.12. The van der Waals surface area contributed by atoms with E-state index in [1.807, 2.05) is 51.1 Å². The van der Waals surface area contributed by atoms with E-state index in [0.29, 0.717) is 12.0 Å². The van der Waals surface area contributed by atoms with Gasteiger partial charge in [0.05, 0.1) is 6.61 Å². The molecule has 0 fully saturated rings. The first-order valence-corrected chi connectivity index (χ1v) is 16.0. The number of alkyl halides is 3.